The highest BCUT2D eigenvalue weighted by Crippen LogP contribution is 2.24. The van der Waals surface area contributed by atoms with Gasteiger partial charge < -0.3 is 15.5 Å². The van der Waals surface area contributed by atoms with E-state index in [1.165, 1.54) is 0 Å². The second-order valence-corrected chi connectivity index (χ2v) is 10.7. The smallest absolute Gasteiger partial charge is 0.245 e. The number of hydrogen-bond acceptors (Lipinski definition) is 5. The molecule has 2 rings (SSSR count). The number of likely N-dealkylation sites (tertiary alicyclic amines) is 1. The Balaban J connectivity index is 1.96. The van der Waals surface area contributed by atoms with Crippen molar-refractivity contribution in [3.8, 4) is 0 Å². The first-order valence-corrected chi connectivity index (χ1v) is 12.9. The molecule has 1 aliphatic rings. The van der Waals surface area contributed by atoms with E-state index in [2.05, 4.69) is 10.6 Å². The summed E-state index contributed by atoms with van der Waals surface area (Å²) in [6.07, 6.45) is 3.60. The molecule has 0 aromatic heterocycles. The largest absolute Gasteiger partial charge is 0.353 e. The minimum absolute atomic E-state index is 0.00311. The average molecular weight is 503 g/mol. The highest BCUT2D eigenvalue weighted by Gasteiger charge is 2.38. The summed E-state index contributed by atoms with van der Waals surface area (Å²) in [5, 5.41) is 14.9. The predicted octanol–water partition coefficient (Wildman–Crippen LogP) is 2.57. The number of amides is 4. The van der Waals surface area contributed by atoms with Gasteiger partial charge in [-0.25, -0.2) is 5.48 Å². The molecule has 9 heteroatoms. The third-order valence-electron chi connectivity index (χ3n) is 6.61. The van der Waals surface area contributed by atoms with Gasteiger partial charge in [-0.1, -0.05) is 70.9 Å². The first kappa shape index (κ1) is 29.3. The third kappa shape index (κ3) is 9.26. The quantitative estimate of drug-likeness (QED) is 0.273. The number of nitrogens with one attached hydrogen (secondary N) is 3. The fourth-order valence-corrected chi connectivity index (χ4v) is 4.44. The van der Waals surface area contributed by atoms with Gasteiger partial charge in [-0.3, -0.25) is 24.4 Å². The molecule has 1 aliphatic heterocycles. The average Bonchev–Trinajstić information content (AvgIpc) is 2.84. The number of rotatable bonds is 11. The fraction of sp³-hybridized carbons (Fsp3) is 0.630. The number of nitrogens with zero attached hydrogens (tertiary/aromatic N) is 1. The molecule has 2 atom stereocenters. The molecule has 0 saturated carbocycles. The monoisotopic (exact) mass is 502 g/mol. The van der Waals surface area contributed by atoms with Crippen molar-refractivity contribution in [3.63, 3.8) is 0 Å². The zero-order valence-electron chi connectivity index (χ0n) is 22.0. The molecule has 4 amide bonds. The minimum atomic E-state index is -0.754. The van der Waals surface area contributed by atoms with Gasteiger partial charge in [0.2, 0.25) is 23.6 Å². The summed E-state index contributed by atoms with van der Waals surface area (Å²) in [6, 6.07) is 8.82. The summed E-state index contributed by atoms with van der Waals surface area (Å²) in [7, 11) is 0. The van der Waals surface area contributed by atoms with Gasteiger partial charge in [0.1, 0.15) is 6.04 Å². The van der Waals surface area contributed by atoms with E-state index in [4.69, 9.17) is 5.21 Å². The lowest BCUT2D eigenvalue weighted by atomic mass is 9.84. The molecule has 9 nitrogen and oxygen atoms in total. The van der Waals surface area contributed by atoms with Crippen LogP contribution in [0, 0.1) is 11.3 Å². The Hall–Kier alpha value is -2.94. The van der Waals surface area contributed by atoms with Crippen molar-refractivity contribution in [2.75, 3.05) is 13.1 Å². The van der Waals surface area contributed by atoms with Crippen LogP contribution < -0.4 is 16.1 Å². The number of carbonyl (C=O) groups is 4. The summed E-state index contributed by atoms with van der Waals surface area (Å²) in [5.74, 6) is -1.80. The summed E-state index contributed by atoms with van der Waals surface area (Å²) >= 11 is 0. The maximum absolute atomic E-state index is 13.5. The van der Waals surface area contributed by atoms with Gasteiger partial charge in [-0.05, 0) is 30.2 Å². The number of benzene rings is 1. The van der Waals surface area contributed by atoms with Crippen LogP contribution in [0.15, 0.2) is 30.3 Å². The van der Waals surface area contributed by atoms with Crippen LogP contribution in [-0.2, 0) is 25.6 Å². The van der Waals surface area contributed by atoms with Gasteiger partial charge >= 0.3 is 0 Å². The molecule has 36 heavy (non-hydrogen) atoms. The fourth-order valence-electron chi connectivity index (χ4n) is 4.44. The van der Waals surface area contributed by atoms with Crippen molar-refractivity contribution in [3.05, 3.63) is 35.9 Å². The van der Waals surface area contributed by atoms with Gasteiger partial charge in [0, 0.05) is 31.5 Å². The summed E-state index contributed by atoms with van der Waals surface area (Å²) in [6.45, 7) is 8.67. The summed E-state index contributed by atoms with van der Waals surface area (Å²) in [4.78, 5) is 52.4. The lowest BCUT2D eigenvalue weighted by Gasteiger charge is -2.39. The molecule has 1 fully saturated rings. The number of carbonyl (C=O) groups excluding carboxylic acids is 4. The maximum Gasteiger partial charge on any atom is 0.245 e. The topological polar surface area (TPSA) is 128 Å². The van der Waals surface area contributed by atoms with Crippen LogP contribution >= 0.6 is 0 Å². The van der Waals surface area contributed by atoms with E-state index < -0.39 is 23.3 Å². The van der Waals surface area contributed by atoms with Crippen LogP contribution in [0.5, 0.6) is 0 Å². The molecule has 1 saturated heterocycles. The van der Waals surface area contributed by atoms with Crippen molar-refractivity contribution in [1.29, 1.82) is 0 Å². The van der Waals surface area contributed by atoms with E-state index in [0.717, 1.165) is 18.4 Å². The Kier molecular flexibility index (Phi) is 11.4. The molecule has 1 heterocycles. The zero-order chi connectivity index (χ0) is 26.7. The molecule has 0 bridgehead atoms. The highest BCUT2D eigenvalue weighted by molar-refractivity contribution is 5.91. The molecular weight excluding hydrogens is 460 g/mol. The number of unbranched alkanes of at least 4 members (excludes halogenated alkanes) is 1. The predicted molar refractivity (Wildman–Crippen MR) is 137 cm³/mol. The lowest BCUT2D eigenvalue weighted by Crippen LogP contribution is -2.58. The van der Waals surface area contributed by atoms with E-state index in [0.29, 0.717) is 38.8 Å². The Morgan fingerprint density at radius 1 is 1.06 bits per heavy atom. The first-order valence-electron chi connectivity index (χ1n) is 12.9. The molecular formula is C27H42N4O5. The van der Waals surface area contributed by atoms with Gasteiger partial charge in [-0.15, -0.1) is 0 Å². The van der Waals surface area contributed by atoms with Crippen molar-refractivity contribution in [1.82, 2.24) is 21.0 Å². The Bertz CT molecular complexity index is 876. The molecule has 0 radical (unpaired) electrons. The number of hydroxylamine groups is 1. The van der Waals surface area contributed by atoms with E-state index in [-0.39, 0.29) is 30.2 Å². The molecule has 200 valence electrons. The van der Waals surface area contributed by atoms with E-state index >= 15 is 0 Å². The molecule has 0 unspecified atom stereocenters. The number of piperidine rings is 1. The molecule has 1 aromatic carbocycles. The van der Waals surface area contributed by atoms with Crippen LogP contribution in [0.3, 0.4) is 0 Å². The summed E-state index contributed by atoms with van der Waals surface area (Å²) < 4.78 is 0. The van der Waals surface area contributed by atoms with E-state index in [1.807, 2.05) is 58.0 Å². The van der Waals surface area contributed by atoms with Crippen molar-refractivity contribution in [2.45, 2.75) is 84.7 Å². The normalized spacial score (nSPS) is 16.1. The van der Waals surface area contributed by atoms with Crippen LogP contribution in [0.25, 0.3) is 0 Å². The molecule has 0 spiro atoms. The number of hydrogen-bond donors (Lipinski definition) is 4. The maximum atomic E-state index is 13.5. The van der Waals surface area contributed by atoms with Crippen molar-refractivity contribution in [2.24, 2.45) is 11.3 Å². The van der Waals surface area contributed by atoms with Crippen LogP contribution in [0.4, 0.5) is 0 Å². The molecule has 1 aromatic rings. The SMILES string of the molecule is CCCC[C@H](CC(=O)NO)C(=O)N[C@H](C(=O)N1CCC(NC(=O)Cc2ccccc2)CC1)C(C)(C)C. The molecule has 4 N–H and O–H groups in total. The third-order valence-corrected chi connectivity index (χ3v) is 6.61. The Morgan fingerprint density at radius 2 is 1.69 bits per heavy atom. The van der Waals surface area contributed by atoms with Crippen molar-refractivity contribution >= 4 is 23.6 Å². The summed E-state index contributed by atoms with van der Waals surface area (Å²) in [5.41, 5.74) is 2.01. The van der Waals surface area contributed by atoms with Gasteiger partial charge in [0.05, 0.1) is 6.42 Å². The van der Waals surface area contributed by atoms with Crippen LogP contribution in [-0.4, -0.2) is 58.9 Å². The lowest BCUT2D eigenvalue weighted by molar-refractivity contribution is -0.142. The Morgan fingerprint density at radius 3 is 2.25 bits per heavy atom. The van der Waals surface area contributed by atoms with Gasteiger partial charge in [0.15, 0.2) is 0 Å². The van der Waals surface area contributed by atoms with Gasteiger partial charge in [-0.2, -0.15) is 0 Å². The second-order valence-electron chi connectivity index (χ2n) is 10.7. The van der Waals surface area contributed by atoms with Crippen molar-refractivity contribution < 1.29 is 24.4 Å². The highest BCUT2D eigenvalue weighted by atomic mass is 16.5. The Labute approximate surface area is 214 Å². The molecule has 0 aliphatic carbocycles. The zero-order valence-corrected chi connectivity index (χ0v) is 22.0. The van der Waals surface area contributed by atoms with E-state index in [1.54, 1.807) is 10.4 Å². The second kappa shape index (κ2) is 14.0. The van der Waals surface area contributed by atoms with Crippen LogP contribution in [0.1, 0.15) is 71.8 Å². The minimum Gasteiger partial charge on any atom is -0.353 e. The van der Waals surface area contributed by atoms with Gasteiger partial charge in [0.25, 0.3) is 0 Å². The first-order chi connectivity index (χ1) is 17.0. The van der Waals surface area contributed by atoms with Crippen LogP contribution in [0.2, 0.25) is 0 Å². The standard InChI is InChI=1S/C27H42N4O5/c1-5-6-12-20(18-23(33)30-36)25(34)29-24(27(2,3)4)26(35)31-15-13-21(14-16-31)28-22(32)17-19-10-8-7-9-11-19/h7-11,20-21,24,36H,5-6,12-18H2,1-4H3,(H,28,32)(H,29,34)(H,30,33)/t20-,24-/m1/s1. The van der Waals surface area contributed by atoms with E-state index in [9.17, 15) is 19.2 Å².